The molecule has 0 bridgehead atoms. The minimum atomic E-state index is -0.829. The Balaban J connectivity index is 1.49. The van der Waals surface area contributed by atoms with Crippen molar-refractivity contribution in [3.8, 4) is 39.9 Å². The molecular formula is C44H58O7. The van der Waals surface area contributed by atoms with Crippen LogP contribution in [0.3, 0.4) is 0 Å². The second-order valence-electron chi connectivity index (χ2n) is 15.7. The molecule has 1 aliphatic heterocycles. The van der Waals surface area contributed by atoms with Crippen LogP contribution < -0.4 is 14.2 Å². The largest absolute Gasteiger partial charge is 0.508 e. The molecule has 0 fully saturated rings. The summed E-state index contributed by atoms with van der Waals surface area (Å²) < 4.78 is 18.3. The van der Waals surface area contributed by atoms with Crippen LogP contribution >= 0.6 is 0 Å². The third-order valence-corrected chi connectivity index (χ3v) is 11.9. The number of rotatable bonds is 13. The normalized spacial score (nSPS) is 24.3. The van der Waals surface area contributed by atoms with Gasteiger partial charge in [0.05, 0.1) is 20.3 Å². The summed E-state index contributed by atoms with van der Waals surface area (Å²) in [5.74, 6) is 4.12. The molecule has 0 saturated heterocycles. The zero-order valence-corrected chi connectivity index (χ0v) is 31.3. The maximum Gasteiger partial charge on any atom is 0.160 e. The molecular weight excluding hydrogens is 640 g/mol. The molecule has 3 aromatic carbocycles. The first-order chi connectivity index (χ1) is 24.6. The van der Waals surface area contributed by atoms with Crippen LogP contribution in [0.2, 0.25) is 0 Å². The van der Waals surface area contributed by atoms with Gasteiger partial charge in [-0.1, -0.05) is 71.6 Å². The maximum atomic E-state index is 11.8. The number of aliphatic hydroxyl groups excluding tert-OH is 2. The second-order valence-corrected chi connectivity index (χ2v) is 15.7. The van der Waals surface area contributed by atoms with E-state index in [9.17, 15) is 20.4 Å². The zero-order chi connectivity index (χ0) is 36.4. The highest BCUT2D eigenvalue weighted by atomic mass is 16.5. The van der Waals surface area contributed by atoms with E-state index in [1.54, 1.807) is 25.3 Å². The number of unbranched alkanes of at least 4 members (excludes halogenated alkanes) is 2. The maximum absolute atomic E-state index is 11.8. The van der Waals surface area contributed by atoms with E-state index >= 15 is 0 Å². The van der Waals surface area contributed by atoms with E-state index in [1.807, 2.05) is 12.1 Å². The van der Waals surface area contributed by atoms with Crippen molar-refractivity contribution in [3.63, 3.8) is 0 Å². The summed E-state index contributed by atoms with van der Waals surface area (Å²) in [6.07, 6.45) is 11.8. The van der Waals surface area contributed by atoms with Crippen molar-refractivity contribution in [1.29, 1.82) is 0 Å². The number of ether oxygens (including phenoxy) is 3. The van der Waals surface area contributed by atoms with Gasteiger partial charge in [-0.3, -0.25) is 0 Å². The lowest BCUT2D eigenvalue weighted by molar-refractivity contribution is 0.0200. The molecule has 2 aliphatic carbocycles. The minimum Gasteiger partial charge on any atom is -0.508 e. The molecule has 0 amide bonds. The average molecular weight is 699 g/mol. The van der Waals surface area contributed by atoms with E-state index < -0.39 is 12.2 Å². The molecule has 0 radical (unpaired) electrons. The third-order valence-electron chi connectivity index (χ3n) is 11.9. The minimum absolute atomic E-state index is 0.0341. The number of aromatic hydroxyl groups is 2. The molecule has 1 heterocycles. The molecule has 3 aliphatic rings. The number of benzene rings is 3. The molecule has 0 spiro atoms. The van der Waals surface area contributed by atoms with Crippen LogP contribution in [0.25, 0.3) is 11.1 Å². The van der Waals surface area contributed by atoms with E-state index in [4.69, 9.17) is 14.2 Å². The van der Waals surface area contributed by atoms with Crippen molar-refractivity contribution in [3.05, 3.63) is 76.4 Å². The quantitative estimate of drug-likeness (QED) is 0.104. The predicted octanol–water partition coefficient (Wildman–Crippen LogP) is 9.06. The summed E-state index contributed by atoms with van der Waals surface area (Å²) in [4.78, 5) is 0. The first-order valence-electron chi connectivity index (χ1n) is 19.2. The number of hydrogen-bond acceptors (Lipinski definition) is 7. The van der Waals surface area contributed by atoms with Crippen molar-refractivity contribution in [2.75, 3.05) is 20.8 Å². The van der Waals surface area contributed by atoms with Crippen LogP contribution in [0.15, 0.2) is 48.6 Å². The van der Waals surface area contributed by atoms with E-state index in [0.717, 1.165) is 64.8 Å². The molecule has 7 heteroatoms. The SMILES string of the molecule is CCCCC[C@H](C)[C@H]1C[C@H]([C@@H]2Cc3cc(O)c(CC(C)C)cc3-c3c(OC)cc4c(c32)C[C@@H](O)[C@H](c2ccc(O)c(OC)c2)O4)C=C[C@H]1CCO. The highest BCUT2D eigenvalue weighted by Crippen LogP contribution is 2.56. The van der Waals surface area contributed by atoms with Gasteiger partial charge in [0.15, 0.2) is 11.5 Å². The molecule has 276 valence electrons. The van der Waals surface area contributed by atoms with Crippen molar-refractivity contribution in [2.45, 2.75) is 104 Å². The Morgan fingerprint density at radius 2 is 1.71 bits per heavy atom. The number of hydrogen-bond donors (Lipinski definition) is 4. The summed E-state index contributed by atoms with van der Waals surface area (Å²) in [6.45, 7) is 9.16. The fourth-order valence-electron chi connectivity index (χ4n) is 9.28. The van der Waals surface area contributed by atoms with E-state index in [1.165, 1.54) is 38.4 Å². The smallest absolute Gasteiger partial charge is 0.160 e. The zero-order valence-electron chi connectivity index (χ0n) is 31.3. The topological polar surface area (TPSA) is 109 Å². The van der Waals surface area contributed by atoms with Crippen LogP contribution in [0.1, 0.15) is 106 Å². The standard InChI is InChI=1S/C44H58O7/c1-7-8-9-10-26(4)32-18-28(12-11-27(32)15-16-45)33-19-30-21-37(47)31(17-25(2)3)20-34(30)43-41(50-6)24-39-35(42(33)43)23-38(48)44(51-39)29-13-14-36(46)40(22-29)49-5/h11-14,20-22,24-28,32-33,38,44-48H,7-10,15-19,23H2,1-6H3/t26-,27-,28+,32+,33-,38+,44-/m0/s1. The summed E-state index contributed by atoms with van der Waals surface area (Å²) in [7, 11) is 3.21. The molecule has 51 heavy (non-hydrogen) atoms. The van der Waals surface area contributed by atoms with Crippen LogP contribution in [-0.4, -0.2) is 47.4 Å². The molecule has 6 rings (SSSR count). The summed E-state index contributed by atoms with van der Waals surface area (Å²) in [5, 5.41) is 43.3. The third kappa shape index (κ3) is 7.48. The number of aliphatic hydroxyl groups is 2. The lowest BCUT2D eigenvalue weighted by atomic mass is 9.63. The molecule has 0 aromatic heterocycles. The van der Waals surface area contributed by atoms with E-state index in [2.05, 4.69) is 45.9 Å². The lowest BCUT2D eigenvalue weighted by Crippen LogP contribution is -2.34. The monoisotopic (exact) mass is 698 g/mol. The van der Waals surface area contributed by atoms with Gasteiger partial charge in [0.1, 0.15) is 23.4 Å². The predicted molar refractivity (Wildman–Crippen MR) is 202 cm³/mol. The van der Waals surface area contributed by atoms with Gasteiger partial charge in [-0.25, -0.2) is 0 Å². The number of phenols is 2. The molecule has 0 saturated carbocycles. The molecule has 0 unspecified atom stereocenters. The highest BCUT2D eigenvalue weighted by Gasteiger charge is 2.42. The van der Waals surface area contributed by atoms with E-state index in [0.29, 0.717) is 47.3 Å². The molecule has 7 atom stereocenters. The highest BCUT2D eigenvalue weighted by molar-refractivity contribution is 5.83. The van der Waals surface area contributed by atoms with Crippen LogP contribution in [-0.2, 0) is 19.3 Å². The molecule has 3 aromatic rings. The summed E-state index contributed by atoms with van der Waals surface area (Å²) in [5.41, 5.74) is 7.05. The molecule has 7 nitrogen and oxygen atoms in total. The average Bonchev–Trinajstić information content (AvgIpc) is 3.11. The Bertz CT molecular complexity index is 1710. The van der Waals surface area contributed by atoms with Gasteiger partial charge >= 0.3 is 0 Å². The summed E-state index contributed by atoms with van der Waals surface area (Å²) >= 11 is 0. The van der Waals surface area contributed by atoms with Crippen molar-refractivity contribution < 1.29 is 34.6 Å². The molecule has 4 N–H and O–H groups in total. The lowest BCUT2D eigenvalue weighted by Gasteiger charge is -2.43. The fraction of sp³-hybridized carbons (Fsp3) is 0.545. The fourth-order valence-corrected chi connectivity index (χ4v) is 9.28. The Hall–Kier alpha value is -3.68. The van der Waals surface area contributed by atoms with Crippen LogP contribution in [0, 0.1) is 29.6 Å². The van der Waals surface area contributed by atoms with Crippen LogP contribution in [0.4, 0.5) is 0 Å². The van der Waals surface area contributed by atoms with Crippen molar-refractivity contribution in [1.82, 2.24) is 0 Å². The summed E-state index contributed by atoms with van der Waals surface area (Å²) in [6, 6.07) is 11.2. The Morgan fingerprint density at radius 3 is 2.41 bits per heavy atom. The number of fused-ring (bicyclic) bond motifs is 5. The Morgan fingerprint density at radius 1 is 0.922 bits per heavy atom. The van der Waals surface area contributed by atoms with E-state index in [-0.39, 0.29) is 24.2 Å². The van der Waals surface area contributed by atoms with Gasteiger partial charge < -0.3 is 34.6 Å². The number of phenolic OH excluding ortho intramolecular Hbond substituents is 2. The van der Waals surface area contributed by atoms with Gasteiger partial charge in [0.25, 0.3) is 0 Å². The van der Waals surface area contributed by atoms with Gasteiger partial charge in [0.2, 0.25) is 0 Å². The first kappa shape index (κ1) is 37.1. The second kappa shape index (κ2) is 15.9. The van der Waals surface area contributed by atoms with Gasteiger partial charge in [0, 0.05) is 30.2 Å². The van der Waals surface area contributed by atoms with Crippen molar-refractivity contribution in [2.24, 2.45) is 29.6 Å². The Labute approximate surface area is 304 Å². The Kier molecular flexibility index (Phi) is 11.6. The van der Waals surface area contributed by atoms with Gasteiger partial charge in [-0.05, 0) is 113 Å². The number of methoxy groups -OCH3 is 2. The number of allylic oxidation sites excluding steroid dienone is 2. The van der Waals surface area contributed by atoms with Gasteiger partial charge in [-0.15, -0.1) is 0 Å². The van der Waals surface area contributed by atoms with Crippen LogP contribution in [0.5, 0.6) is 28.7 Å². The first-order valence-corrected chi connectivity index (χ1v) is 19.2. The van der Waals surface area contributed by atoms with Gasteiger partial charge in [-0.2, -0.15) is 0 Å². The van der Waals surface area contributed by atoms with Crippen molar-refractivity contribution >= 4 is 0 Å².